The van der Waals surface area contributed by atoms with E-state index in [9.17, 15) is 4.79 Å². The van der Waals surface area contributed by atoms with Crippen molar-refractivity contribution in [1.82, 2.24) is 4.90 Å². The fourth-order valence-corrected chi connectivity index (χ4v) is 3.55. The highest BCUT2D eigenvalue weighted by atomic mass is 35.5. The Morgan fingerprint density at radius 2 is 2.14 bits per heavy atom. The Balaban J connectivity index is 2.35. The molecule has 112 valence electrons. The average molecular weight is 324 g/mol. The normalized spacial score (nSPS) is 22.3. The molecule has 0 spiro atoms. The number of carbonyl (C=O) groups is 1. The van der Waals surface area contributed by atoms with Crippen LogP contribution in [0.25, 0.3) is 0 Å². The highest BCUT2D eigenvalue weighted by Crippen LogP contribution is 2.40. The Kier molecular flexibility index (Phi) is 5.62. The molecule has 1 atom stereocenters. The van der Waals surface area contributed by atoms with Crippen LogP contribution >= 0.6 is 23.2 Å². The first-order chi connectivity index (χ1) is 9.98. The van der Waals surface area contributed by atoms with E-state index in [1.165, 1.54) is 0 Å². The number of likely N-dealkylation sites (tertiary alicyclic amines) is 1. The predicted octanol–water partition coefficient (Wildman–Crippen LogP) is 4.24. The van der Waals surface area contributed by atoms with Crippen molar-refractivity contribution in [2.45, 2.75) is 44.3 Å². The second kappa shape index (κ2) is 7.06. The second-order valence-electron chi connectivity index (χ2n) is 5.85. The van der Waals surface area contributed by atoms with E-state index in [2.05, 4.69) is 0 Å². The maximum Gasteiger partial charge on any atom is 0.219 e. The van der Waals surface area contributed by atoms with E-state index in [1.807, 2.05) is 23.1 Å². The van der Waals surface area contributed by atoms with Crippen LogP contribution in [0.3, 0.4) is 0 Å². The lowest BCUT2D eigenvalue weighted by Crippen LogP contribution is -2.47. The average Bonchev–Trinajstić information content (AvgIpc) is 2.48. The molecule has 2 nitrogen and oxygen atoms in total. The Labute approximate surface area is 138 Å². The van der Waals surface area contributed by atoms with Crippen LogP contribution in [-0.4, -0.2) is 31.7 Å². The molecule has 0 saturated carbocycles. The monoisotopic (exact) mass is 323 g/mol. The summed E-state index contributed by atoms with van der Waals surface area (Å²) >= 11 is 12.2. The number of rotatable bonds is 4. The zero-order chi connectivity index (χ0) is 15.5. The van der Waals surface area contributed by atoms with Gasteiger partial charge < -0.3 is 4.90 Å². The molecule has 1 heterocycles. The summed E-state index contributed by atoms with van der Waals surface area (Å²) in [6, 6.07) is 5.83. The van der Waals surface area contributed by atoms with E-state index in [-0.39, 0.29) is 11.3 Å². The number of carbonyl (C=O) groups excluding carboxylic acids is 1. The third-order valence-corrected chi connectivity index (χ3v) is 5.15. The van der Waals surface area contributed by atoms with Crippen LogP contribution in [0.5, 0.6) is 0 Å². The van der Waals surface area contributed by atoms with Crippen molar-refractivity contribution in [1.29, 1.82) is 0 Å². The molecule has 1 amide bonds. The summed E-state index contributed by atoms with van der Waals surface area (Å²) in [5, 5.41) is 1.13. The maximum absolute atomic E-state index is 11.8. The van der Waals surface area contributed by atoms with Gasteiger partial charge in [0.15, 0.2) is 0 Å². The number of amides is 1. The molecule has 21 heavy (non-hydrogen) atoms. The first-order valence-corrected chi connectivity index (χ1v) is 8.15. The summed E-state index contributed by atoms with van der Waals surface area (Å²) < 4.78 is 0. The van der Waals surface area contributed by atoms with Crippen LogP contribution in [0.15, 0.2) is 18.2 Å². The Hall–Kier alpha value is -0.665. The van der Waals surface area contributed by atoms with Gasteiger partial charge in [0, 0.05) is 25.4 Å². The van der Waals surface area contributed by atoms with E-state index in [4.69, 9.17) is 31.0 Å². The minimum atomic E-state index is -0.0580. The van der Waals surface area contributed by atoms with Gasteiger partial charge in [0.25, 0.3) is 0 Å². The van der Waals surface area contributed by atoms with E-state index in [0.717, 1.165) is 44.3 Å². The Morgan fingerprint density at radius 3 is 2.76 bits per heavy atom. The second-order valence-corrected chi connectivity index (χ2v) is 6.66. The quantitative estimate of drug-likeness (QED) is 0.759. The number of piperidine rings is 1. The summed E-state index contributed by atoms with van der Waals surface area (Å²) in [4.78, 5) is 13.7. The maximum atomic E-state index is 11.8. The molecule has 2 radical (unpaired) electrons. The van der Waals surface area contributed by atoms with Crippen molar-refractivity contribution in [3.05, 3.63) is 33.8 Å². The van der Waals surface area contributed by atoms with E-state index >= 15 is 0 Å². The van der Waals surface area contributed by atoms with Gasteiger partial charge in [-0.05, 0) is 37.0 Å². The number of benzene rings is 1. The van der Waals surface area contributed by atoms with Crippen LogP contribution in [0.2, 0.25) is 16.4 Å². The fraction of sp³-hybridized carbons (Fsp3) is 0.562. The molecular weight excluding hydrogens is 304 g/mol. The van der Waals surface area contributed by atoms with Crippen molar-refractivity contribution in [3.63, 3.8) is 0 Å². The molecule has 0 aromatic heterocycles. The van der Waals surface area contributed by atoms with Gasteiger partial charge in [0.1, 0.15) is 0 Å². The molecule has 1 aliphatic rings. The zero-order valence-corrected chi connectivity index (χ0v) is 13.9. The van der Waals surface area contributed by atoms with E-state index in [1.54, 1.807) is 6.92 Å². The van der Waals surface area contributed by atoms with Crippen molar-refractivity contribution in [2.75, 3.05) is 13.1 Å². The van der Waals surface area contributed by atoms with Crippen molar-refractivity contribution >= 4 is 37.0 Å². The molecule has 1 unspecified atom stereocenters. The summed E-state index contributed by atoms with van der Waals surface area (Å²) in [5.41, 5.74) is 1.11. The van der Waals surface area contributed by atoms with Crippen LogP contribution in [0, 0.1) is 0 Å². The molecular formula is C16H20BCl2NO. The predicted molar refractivity (Wildman–Crippen MR) is 89.4 cm³/mol. The Bertz CT molecular complexity index is 523. The number of hydrogen-bond acceptors (Lipinski definition) is 1. The van der Waals surface area contributed by atoms with Gasteiger partial charge in [-0.2, -0.15) is 0 Å². The van der Waals surface area contributed by atoms with Crippen LogP contribution in [0.1, 0.15) is 38.2 Å². The van der Waals surface area contributed by atoms with Crippen molar-refractivity contribution < 1.29 is 4.79 Å². The third kappa shape index (κ3) is 3.76. The summed E-state index contributed by atoms with van der Waals surface area (Å²) in [6.45, 7) is 3.20. The highest BCUT2D eigenvalue weighted by molar-refractivity contribution is 6.42. The summed E-state index contributed by atoms with van der Waals surface area (Å²) in [6.07, 6.45) is 4.61. The van der Waals surface area contributed by atoms with Gasteiger partial charge in [-0.1, -0.05) is 42.0 Å². The zero-order valence-electron chi connectivity index (χ0n) is 12.4. The molecule has 1 saturated heterocycles. The molecule has 2 rings (SSSR count). The molecule has 1 aliphatic heterocycles. The molecule has 5 heteroatoms. The van der Waals surface area contributed by atoms with Gasteiger partial charge in [0.05, 0.1) is 17.9 Å². The van der Waals surface area contributed by atoms with Gasteiger partial charge in [-0.3, -0.25) is 4.79 Å². The minimum absolute atomic E-state index is 0.0580. The minimum Gasteiger partial charge on any atom is -0.342 e. The van der Waals surface area contributed by atoms with Crippen LogP contribution < -0.4 is 0 Å². The Morgan fingerprint density at radius 1 is 1.38 bits per heavy atom. The number of nitrogens with zero attached hydrogens (tertiary/aromatic N) is 1. The molecule has 1 fully saturated rings. The topological polar surface area (TPSA) is 20.3 Å². The lowest BCUT2D eigenvalue weighted by atomic mass is 9.70. The summed E-state index contributed by atoms with van der Waals surface area (Å²) in [7, 11) is 5.70. The first-order valence-electron chi connectivity index (χ1n) is 7.40. The van der Waals surface area contributed by atoms with Gasteiger partial charge in [0.2, 0.25) is 5.91 Å². The van der Waals surface area contributed by atoms with Gasteiger partial charge in [-0.15, -0.1) is 0 Å². The van der Waals surface area contributed by atoms with Gasteiger partial charge in [-0.25, -0.2) is 0 Å². The fourth-order valence-electron chi connectivity index (χ4n) is 3.25. The van der Waals surface area contributed by atoms with E-state index in [0.29, 0.717) is 16.4 Å². The molecule has 1 aromatic rings. The lowest BCUT2D eigenvalue weighted by Gasteiger charge is -2.43. The number of halogens is 2. The van der Waals surface area contributed by atoms with Crippen LogP contribution in [-0.2, 0) is 10.2 Å². The molecule has 0 N–H and O–H groups in total. The highest BCUT2D eigenvalue weighted by Gasteiger charge is 2.37. The standard InChI is InChI=1S/C16H20BCl2NO/c1-12(21)20-9-3-7-16(11-20,6-2-8-17)13-4-5-14(18)15(19)10-13/h4-5,10H,2-3,6-9,11H2,1H3. The summed E-state index contributed by atoms with van der Waals surface area (Å²) in [5.74, 6) is 0.131. The number of hydrogen-bond donors (Lipinski definition) is 0. The lowest BCUT2D eigenvalue weighted by molar-refractivity contribution is -0.131. The van der Waals surface area contributed by atoms with E-state index < -0.39 is 0 Å². The molecule has 1 aromatic carbocycles. The largest absolute Gasteiger partial charge is 0.342 e. The van der Waals surface area contributed by atoms with Crippen molar-refractivity contribution in [2.24, 2.45) is 0 Å². The molecule has 0 bridgehead atoms. The third-order valence-electron chi connectivity index (χ3n) is 4.41. The first kappa shape index (κ1) is 16.7. The SMILES string of the molecule is [B]CCCC1(c2ccc(Cl)c(Cl)c2)CCCN(C(C)=O)C1. The van der Waals surface area contributed by atoms with Crippen molar-refractivity contribution in [3.8, 4) is 0 Å². The van der Waals surface area contributed by atoms with Gasteiger partial charge >= 0.3 is 0 Å². The molecule has 0 aliphatic carbocycles. The smallest absolute Gasteiger partial charge is 0.219 e. The van der Waals surface area contributed by atoms with Crippen LogP contribution in [0.4, 0.5) is 0 Å².